The zero-order valence-electron chi connectivity index (χ0n) is 15.0. The van der Waals surface area contributed by atoms with E-state index in [-0.39, 0.29) is 0 Å². The van der Waals surface area contributed by atoms with E-state index in [2.05, 4.69) is 68.5 Å². The molecule has 4 aromatic rings. The van der Waals surface area contributed by atoms with Crippen molar-refractivity contribution in [3.05, 3.63) is 83.8 Å². The maximum atomic E-state index is 4.64. The Morgan fingerprint density at radius 2 is 1.42 bits per heavy atom. The van der Waals surface area contributed by atoms with Crippen LogP contribution in [0.1, 0.15) is 16.8 Å². The first-order valence-corrected chi connectivity index (χ1v) is 8.69. The molecule has 130 valence electrons. The van der Waals surface area contributed by atoms with Gasteiger partial charge in [-0.1, -0.05) is 60.7 Å². The minimum atomic E-state index is 0.774. The van der Waals surface area contributed by atoms with Gasteiger partial charge in [0.05, 0.1) is 11.1 Å². The number of aryl methyl sites for hydroxylation is 2. The molecule has 2 aromatic heterocycles. The molecule has 2 aromatic carbocycles. The molecule has 0 fully saturated rings. The second-order valence-corrected chi connectivity index (χ2v) is 6.43. The predicted octanol–water partition coefficient (Wildman–Crippen LogP) is 3.88. The van der Waals surface area contributed by atoms with Crippen molar-refractivity contribution in [2.45, 2.75) is 20.0 Å². The molecule has 0 bridgehead atoms. The second kappa shape index (κ2) is 6.96. The molecule has 4 rings (SSSR count). The van der Waals surface area contributed by atoms with Gasteiger partial charge in [0.2, 0.25) is 0 Å². The van der Waals surface area contributed by atoms with E-state index in [1.165, 1.54) is 11.1 Å². The van der Waals surface area contributed by atoms with Gasteiger partial charge in [-0.3, -0.25) is 4.68 Å². The predicted molar refractivity (Wildman–Crippen MR) is 104 cm³/mol. The first-order valence-electron chi connectivity index (χ1n) is 8.69. The van der Waals surface area contributed by atoms with Crippen molar-refractivity contribution in [2.75, 3.05) is 4.90 Å². The summed E-state index contributed by atoms with van der Waals surface area (Å²) in [6, 6.07) is 20.9. The highest BCUT2D eigenvalue weighted by molar-refractivity contribution is 5.89. The van der Waals surface area contributed by atoms with Gasteiger partial charge in [-0.05, 0) is 18.1 Å². The lowest BCUT2D eigenvalue weighted by Gasteiger charge is -2.24. The average Bonchev–Trinajstić information content (AvgIpc) is 2.97. The van der Waals surface area contributed by atoms with E-state index in [1.807, 2.05) is 30.8 Å². The van der Waals surface area contributed by atoms with Crippen molar-refractivity contribution < 1.29 is 0 Å². The number of aromatic nitrogens is 4. The summed E-state index contributed by atoms with van der Waals surface area (Å²) in [6.45, 7) is 3.56. The summed E-state index contributed by atoms with van der Waals surface area (Å²) in [5.74, 6) is 0.924. The van der Waals surface area contributed by atoms with Crippen LogP contribution in [0.4, 0.5) is 5.82 Å². The van der Waals surface area contributed by atoms with Gasteiger partial charge in [-0.2, -0.15) is 5.10 Å². The van der Waals surface area contributed by atoms with Crippen LogP contribution in [0.15, 0.2) is 67.0 Å². The van der Waals surface area contributed by atoms with Crippen LogP contribution in [0.2, 0.25) is 0 Å². The Morgan fingerprint density at radius 3 is 2.00 bits per heavy atom. The number of benzene rings is 2. The van der Waals surface area contributed by atoms with Crippen LogP contribution in [0.25, 0.3) is 11.0 Å². The molecular formula is C21H21N5. The molecule has 0 aliphatic rings. The van der Waals surface area contributed by atoms with Gasteiger partial charge < -0.3 is 4.90 Å². The molecule has 0 atom stereocenters. The zero-order chi connectivity index (χ0) is 17.9. The highest BCUT2D eigenvalue weighted by Crippen LogP contribution is 2.28. The number of rotatable bonds is 5. The largest absolute Gasteiger partial charge is 0.347 e. The van der Waals surface area contributed by atoms with Crippen LogP contribution in [0.3, 0.4) is 0 Å². The van der Waals surface area contributed by atoms with Gasteiger partial charge in [-0.25, -0.2) is 9.97 Å². The monoisotopic (exact) mass is 343 g/mol. The van der Waals surface area contributed by atoms with Crippen LogP contribution in [0, 0.1) is 6.92 Å². The average molecular weight is 343 g/mol. The maximum Gasteiger partial charge on any atom is 0.163 e. The summed E-state index contributed by atoms with van der Waals surface area (Å²) < 4.78 is 1.82. The fourth-order valence-electron chi connectivity index (χ4n) is 3.31. The lowest BCUT2D eigenvalue weighted by Crippen LogP contribution is -2.23. The van der Waals surface area contributed by atoms with E-state index < -0.39 is 0 Å². The third-order valence-corrected chi connectivity index (χ3v) is 4.51. The van der Waals surface area contributed by atoms with E-state index in [0.717, 1.165) is 35.6 Å². The van der Waals surface area contributed by atoms with Gasteiger partial charge in [0.15, 0.2) is 5.65 Å². The van der Waals surface area contributed by atoms with Crippen LogP contribution >= 0.6 is 0 Å². The second-order valence-electron chi connectivity index (χ2n) is 6.43. The molecule has 0 amide bonds. The topological polar surface area (TPSA) is 46.8 Å². The minimum absolute atomic E-state index is 0.774. The van der Waals surface area contributed by atoms with E-state index in [0.29, 0.717) is 0 Å². The zero-order valence-corrected chi connectivity index (χ0v) is 15.0. The Balaban J connectivity index is 1.80. The summed E-state index contributed by atoms with van der Waals surface area (Å²) >= 11 is 0. The fourth-order valence-corrected chi connectivity index (χ4v) is 3.31. The van der Waals surface area contributed by atoms with Gasteiger partial charge in [0.1, 0.15) is 12.1 Å². The van der Waals surface area contributed by atoms with Crippen LogP contribution in [-0.4, -0.2) is 19.7 Å². The SMILES string of the molecule is Cc1nn(C)c2ncnc(N(Cc3ccccc3)Cc3ccccc3)c12. The molecule has 0 spiro atoms. The maximum absolute atomic E-state index is 4.64. The molecule has 0 saturated heterocycles. The molecule has 5 heteroatoms. The summed E-state index contributed by atoms with van der Waals surface area (Å²) in [5.41, 5.74) is 4.30. The van der Waals surface area contributed by atoms with E-state index >= 15 is 0 Å². The van der Waals surface area contributed by atoms with Crippen molar-refractivity contribution in [2.24, 2.45) is 7.05 Å². The molecule has 0 saturated carbocycles. The smallest absolute Gasteiger partial charge is 0.163 e. The highest BCUT2D eigenvalue weighted by Gasteiger charge is 2.18. The summed E-state index contributed by atoms with van der Waals surface area (Å²) in [5, 5.41) is 5.55. The van der Waals surface area contributed by atoms with E-state index in [1.54, 1.807) is 6.33 Å². The molecule has 26 heavy (non-hydrogen) atoms. The first-order chi connectivity index (χ1) is 12.7. The molecule has 0 N–H and O–H groups in total. The number of hydrogen-bond donors (Lipinski definition) is 0. The normalized spacial score (nSPS) is 11.0. The fraction of sp³-hybridized carbons (Fsp3) is 0.190. The molecule has 0 radical (unpaired) electrons. The number of fused-ring (bicyclic) bond motifs is 1. The quantitative estimate of drug-likeness (QED) is 0.552. The van der Waals surface area contributed by atoms with Crippen molar-refractivity contribution in [3.63, 3.8) is 0 Å². The Labute approximate surface area is 152 Å². The Kier molecular flexibility index (Phi) is 4.35. The van der Waals surface area contributed by atoms with Crippen molar-refractivity contribution in [1.82, 2.24) is 19.7 Å². The van der Waals surface area contributed by atoms with Crippen molar-refractivity contribution >= 4 is 16.9 Å². The van der Waals surface area contributed by atoms with Gasteiger partial charge in [-0.15, -0.1) is 0 Å². The summed E-state index contributed by atoms with van der Waals surface area (Å²) in [4.78, 5) is 11.4. The van der Waals surface area contributed by atoms with Crippen LogP contribution in [-0.2, 0) is 20.1 Å². The number of anilines is 1. The number of nitrogens with zero attached hydrogens (tertiary/aromatic N) is 5. The van der Waals surface area contributed by atoms with Gasteiger partial charge >= 0.3 is 0 Å². The third-order valence-electron chi connectivity index (χ3n) is 4.51. The Bertz CT molecular complexity index is 967. The van der Waals surface area contributed by atoms with Crippen LogP contribution < -0.4 is 4.90 Å². The van der Waals surface area contributed by atoms with Crippen LogP contribution in [0.5, 0.6) is 0 Å². The molecule has 5 nitrogen and oxygen atoms in total. The van der Waals surface area contributed by atoms with E-state index in [4.69, 9.17) is 0 Å². The van der Waals surface area contributed by atoms with Crippen molar-refractivity contribution in [3.8, 4) is 0 Å². The highest BCUT2D eigenvalue weighted by atomic mass is 15.3. The minimum Gasteiger partial charge on any atom is -0.347 e. The first kappa shape index (κ1) is 16.3. The molecule has 0 aliphatic carbocycles. The molecule has 0 aliphatic heterocycles. The lowest BCUT2D eigenvalue weighted by atomic mass is 10.1. The van der Waals surface area contributed by atoms with Gasteiger partial charge in [0.25, 0.3) is 0 Å². The Hall–Kier alpha value is -3.21. The summed E-state index contributed by atoms with van der Waals surface area (Å²) in [7, 11) is 1.92. The Morgan fingerprint density at radius 1 is 0.846 bits per heavy atom. The summed E-state index contributed by atoms with van der Waals surface area (Å²) in [6.07, 6.45) is 1.63. The van der Waals surface area contributed by atoms with E-state index in [9.17, 15) is 0 Å². The lowest BCUT2D eigenvalue weighted by molar-refractivity contribution is 0.771. The molecule has 0 unspecified atom stereocenters. The molecular weight excluding hydrogens is 322 g/mol. The van der Waals surface area contributed by atoms with Crippen molar-refractivity contribution in [1.29, 1.82) is 0 Å². The standard InChI is InChI=1S/C21H21N5/c1-16-19-20(25(2)24-16)22-15-23-21(19)26(13-17-9-5-3-6-10-17)14-18-11-7-4-8-12-18/h3-12,15H,13-14H2,1-2H3. The molecule has 2 heterocycles. The third kappa shape index (κ3) is 3.16. The number of hydrogen-bond acceptors (Lipinski definition) is 4. The van der Waals surface area contributed by atoms with Gasteiger partial charge in [0, 0.05) is 20.1 Å².